The van der Waals surface area contributed by atoms with E-state index in [0.717, 1.165) is 19.5 Å². The van der Waals surface area contributed by atoms with Crippen LogP contribution in [0, 0.1) is 5.92 Å². The zero-order chi connectivity index (χ0) is 18.4. The van der Waals surface area contributed by atoms with E-state index < -0.39 is 9.84 Å². The smallest absolute Gasteiger partial charge is 0.221 e. The van der Waals surface area contributed by atoms with Gasteiger partial charge in [-0.05, 0) is 37.6 Å². The van der Waals surface area contributed by atoms with Gasteiger partial charge < -0.3 is 20.1 Å². The number of hydrogen-bond acceptors (Lipinski definition) is 6. The quantitative estimate of drug-likeness (QED) is 0.743. The highest BCUT2D eigenvalue weighted by Gasteiger charge is 2.24. The van der Waals surface area contributed by atoms with Crippen LogP contribution in [0.3, 0.4) is 0 Å². The third-order valence-electron chi connectivity index (χ3n) is 4.44. The Labute approximate surface area is 149 Å². The second-order valence-electron chi connectivity index (χ2n) is 6.23. The molecule has 25 heavy (non-hydrogen) atoms. The van der Waals surface area contributed by atoms with Gasteiger partial charge in [-0.2, -0.15) is 0 Å². The van der Waals surface area contributed by atoms with E-state index in [-0.39, 0.29) is 29.0 Å². The van der Waals surface area contributed by atoms with Crippen molar-refractivity contribution in [3.05, 3.63) is 18.2 Å². The molecule has 1 aromatic carbocycles. The van der Waals surface area contributed by atoms with E-state index in [9.17, 15) is 13.2 Å². The van der Waals surface area contributed by atoms with Crippen LogP contribution in [0.15, 0.2) is 23.1 Å². The van der Waals surface area contributed by atoms with Crippen molar-refractivity contribution in [3.63, 3.8) is 0 Å². The summed E-state index contributed by atoms with van der Waals surface area (Å²) in [4.78, 5) is 12.2. The van der Waals surface area contributed by atoms with Gasteiger partial charge in [0, 0.05) is 18.5 Å². The summed E-state index contributed by atoms with van der Waals surface area (Å²) >= 11 is 0. The van der Waals surface area contributed by atoms with Crippen LogP contribution in [0.25, 0.3) is 0 Å². The largest absolute Gasteiger partial charge is 0.493 e. The number of carbonyl (C=O) groups excluding carboxylic acids is 1. The van der Waals surface area contributed by atoms with E-state index in [4.69, 9.17) is 9.47 Å². The third-order valence-corrected chi connectivity index (χ3v) is 6.16. The lowest BCUT2D eigenvalue weighted by Crippen LogP contribution is -2.48. The number of nitrogens with one attached hydrogen (secondary N) is 2. The molecule has 2 atom stereocenters. The topological polar surface area (TPSA) is 93.7 Å². The summed E-state index contributed by atoms with van der Waals surface area (Å²) in [5.41, 5.74) is 0. The van der Waals surface area contributed by atoms with Crippen LogP contribution in [-0.4, -0.2) is 53.4 Å². The molecular weight excluding hydrogens is 344 g/mol. The normalized spacial score (nSPS) is 20.8. The lowest BCUT2D eigenvalue weighted by atomic mass is 9.95. The van der Waals surface area contributed by atoms with Crippen LogP contribution in [0.5, 0.6) is 11.5 Å². The van der Waals surface area contributed by atoms with Gasteiger partial charge in [0.1, 0.15) is 0 Å². The molecule has 0 radical (unpaired) electrons. The first-order chi connectivity index (χ1) is 11.9. The second kappa shape index (κ2) is 8.53. The molecule has 2 N–H and O–H groups in total. The standard InChI is InChI=1S/C17H26N2O5S/c1-12-11-18-8-6-14(12)19-17(20)7-9-25(21,22)13-4-5-15(23-2)16(10-13)24-3/h4-5,10,12,14,18H,6-9,11H2,1-3H3,(H,19,20). The Hall–Kier alpha value is -1.80. The van der Waals surface area contributed by atoms with Gasteiger partial charge in [-0.1, -0.05) is 6.92 Å². The van der Waals surface area contributed by atoms with Crippen LogP contribution < -0.4 is 20.1 Å². The minimum atomic E-state index is -3.58. The number of rotatable bonds is 7. The van der Waals surface area contributed by atoms with Crippen molar-refractivity contribution < 1.29 is 22.7 Å². The van der Waals surface area contributed by atoms with E-state index in [1.54, 1.807) is 6.07 Å². The fourth-order valence-electron chi connectivity index (χ4n) is 2.86. The number of carbonyl (C=O) groups is 1. The summed E-state index contributed by atoms with van der Waals surface area (Å²) in [6.45, 7) is 3.78. The molecule has 0 aliphatic carbocycles. The fraction of sp³-hybridized carbons (Fsp3) is 0.588. The first-order valence-electron chi connectivity index (χ1n) is 8.32. The Kier molecular flexibility index (Phi) is 6.66. The number of piperidine rings is 1. The monoisotopic (exact) mass is 370 g/mol. The first-order valence-corrected chi connectivity index (χ1v) is 9.97. The molecule has 7 nitrogen and oxygen atoms in total. The maximum absolute atomic E-state index is 12.5. The SMILES string of the molecule is COc1ccc(S(=O)(=O)CCC(=O)NC2CCNCC2C)cc1OC. The lowest BCUT2D eigenvalue weighted by Gasteiger charge is -2.30. The van der Waals surface area contributed by atoms with E-state index in [0.29, 0.717) is 17.4 Å². The molecule has 1 aliphatic heterocycles. The van der Waals surface area contributed by atoms with Crippen molar-refractivity contribution in [1.29, 1.82) is 0 Å². The minimum absolute atomic E-state index is 0.0622. The summed E-state index contributed by atoms with van der Waals surface area (Å²) in [5.74, 6) is 0.659. The molecule has 1 heterocycles. The Morgan fingerprint density at radius 3 is 2.64 bits per heavy atom. The van der Waals surface area contributed by atoms with Crippen LogP contribution in [0.4, 0.5) is 0 Å². The molecule has 2 unspecified atom stereocenters. The van der Waals surface area contributed by atoms with Gasteiger partial charge in [0.25, 0.3) is 0 Å². The van der Waals surface area contributed by atoms with Crippen molar-refractivity contribution in [2.75, 3.05) is 33.1 Å². The van der Waals surface area contributed by atoms with E-state index in [2.05, 4.69) is 17.6 Å². The van der Waals surface area contributed by atoms with E-state index in [1.807, 2.05) is 0 Å². The molecule has 0 aromatic heterocycles. The first kappa shape index (κ1) is 19.5. The van der Waals surface area contributed by atoms with Gasteiger partial charge in [0.15, 0.2) is 21.3 Å². The maximum Gasteiger partial charge on any atom is 0.221 e. The molecule has 1 saturated heterocycles. The molecule has 8 heteroatoms. The molecule has 140 valence electrons. The zero-order valence-corrected chi connectivity index (χ0v) is 15.7. The highest BCUT2D eigenvalue weighted by molar-refractivity contribution is 7.91. The van der Waals surface area contributed by atoms with Gasteiger partial charge in [-0.25, -0.2) is 8.42 Å². The number of ether oxygens (including phenoxy) is 2. The van der Waals surface area contributed by atoms with Crippen molar-refractivity contribution in [3.8, 4) is 11.5 Å². The average Bonchev–Trinajstić information content (AvgIpc) is 2.61. The second-order valence-corrected chi connectivity index (χ2v) is 8.34. The number of amides is 1. The predicted molar refractivity (Wildman–Crippen MR) is 94.8 cm³/mol. The number of benzene rings is 1. The molecule has 1 aromatic rings. The van der Waals surface area contributed by atoms with Crippen molar-refractivity contribution >= 4 is 15.7 Å². The number of methoxy groups -OCH3 is 2. The van der Waals surface area contributed by atoms with Crippen LogP contribution in [0.1, 0.15) is 19.8 Å². The molecule has 0 saturated carbocycles. The fourth-order valence-corrected chi connectivity index (χ4v) is 4.11. The van der Waals surface area contributed by atoms with E-state index in [1.165, 1.54) is 26.4 Å². The van der Waals surface area contributed by atoms with Gasteiger partial charge in [-0.3, -0.25) is 4.79 Å². The predicted octanol–water partition coefficient (Wildman–Crippen LogP) is 0.982. The lowest BCUT2D eigenvalue weighted by molar-refractivity contribution is -0.121. The average molecular weight is 370 g/mol. The third kappa shape index (κ3) is 5.09. The highest BCUT2D eigenvalue weighted by Crippen LogP contribution is 2.29. The molecule has 0 bridgehead atoms. The molecule has 1 fully saturated rings. The van der Waals surface area contributed by atoms with Gasteiger partial charge in [0.05, 0.1) is 24.9 Å². The van der Waals surface area contributed by atoms with Gasteiger partial charge in [0.2, 0.25) is 5.91 Å². The summed E-state index contributed by atoms with van der Waals surface area (Å²) in [6, 6.07) is 4.52. The summed E-state index contributed by atoms with van der Waals surface area (Å²) < 4.78 is 35.2. The molecule has 2 rings (SSSR count). The molecule has 0 spiro atoms. The summed E-state index contributed by atoms with van der Waals surface area (Å²) in [7, 11) is -0.645. The number of hydrogen-bond donors (Lipinski definition) is 2. The molecule has 1 amide bonds. The molecular formula is C17H26N2O5S. The van der Waals surface area contributed by atoms with Crippen LogP contribution >= 0.6 is 0 Å². The Bertz CT molecular complexity index is 705. The summed E-state index contributed by atoms with van der Waals surface area (Å²) in [6.07, 6.45) is 0.794. The van der Waals surface area contributed by atoms with Crippen molar-refractivity contribution in [1.82, 2.24) is 10.6 Å². The molecule has 1 aliphatic rings. The van der Waals surface area contributed by atoms with E-state index >= 15 is 0 Å². The van der Waals surface area contributed by atoms with Crippen LogP contribution in [-0.2, 0) is 14.6 Å². The van der Waals surface area contributed by atoms with Crippen LogP contribution in [0.2, 0.25) is 0 Å². The summed E-state index contributed by atoms with van der Waals surface area (Å²) in [5, 5.41) is 6.21. The Morgan fingerprint density at radius 2 is 2.00 bits per heavy atom. The van der Waals surface area contributed by atoms with Gasteiger partial charge in [-0.15, -0.1) is 0 Å². The van der Waals surface area contributed by atoms with Crippen molar-refractivity contribution in [2.24, 2.45) is 5.92 Å². The zero-order valence-electron chi connectivity index (χ0n) is 14.9. The minimum Gasteiger partial charge on any atom is -0.493 e. The van der Waals surface area contributed by atoms with Crippen molar-refractivity contribution in [2.45, 2.75) is 30.7 Å². The van der Waals surface area contributed by atoms with Gasteiger partial charge >= 0.3 is 0 Å². The highest BCUT2D eigenvalue weighted by atomic mass is 32.2. The maximum atomic E-state index is 12.5. The Morgan fingerprint density at radius 1 is 1.28 bits per heavy atom. The number of sulfone groups is 1. The Balaban J connectivity index is 1.97.